The Morgan fingerprint density at radius 1 is 0.469 bits per heavy atom. The van der Waals surface area contributed by atoms with Crippen molar-refractivity contribution < 1.29 is 0 Å². The van der Waals surface area contributed by atoms with E-state index in [0.29, 0.717) is 0 Å². The molecular weight excluding hydrogens is 591 g/mol. The maximum Gasteiger partial charge on any atom is 0.0462 e. The third-order valence-electron chi connectivity index (χ3n) is 10.4. The van der Waals surface area contributed by atoms with Crippen molar-refractivity contribution in [3.8, 4) is 22.3 Å². The molecule has 0 aliphatic heterocycles. The molecule has 1 aliphatic rings. The zero-order valence-corrected chi connectivity index (χ0v) is 29.0. The largest absolute Gasteiger partial charge is 0.311 e. The SMILES string of the molecule is Cc1ccc(/C=C/c2ccc(N(c3ccc(C)cc3)c3ccc(-c4ccc5c(c4)C(C)(C)c4cccc6c(C)ccc-5c46)cc3)cc2)cc1. The molecule has 49 heavy (non-hydrogen) atoms. The van der Waals surface area contributed by atoms with Crippen molar-refractivity contribution in [1.29, 1.82) is 0 Å². The Kier molecular flexibility index (Phi) is 7.57. The van der Waals surface area contributed by atoms with E-state index < -0.39 is 0 Å². The van der Waals surface area contributed by atoms with Crippen molar-refractivity contribution in [2.24, 2.45) is 0 Å². The van der Waals surface area contributed by atoms with Crippen molar-refractivity contribution in [2.75, 3.05) is 4.90 Å². The van der Waals surface area contributed by atoms with Crippen LogP contribution in [0.25, 0.3) is 45.2 Å². The zero-order chi connectivity index (χ0) is 33.7. The Morgan fingerprint density at radius 2 is 0.980 bits per heavy atom. The second-order valence-corrected chi connectivity index (χ2v) is 14.1. The van der Waals surface area contributed by atoms with E-state index in [9.17, 15) is 0 Å². The van der Waals surface area contributed by atoms with Gasteiger partial charge < -0.3 is 4.90 Å². The molecule has 0 radical (unpaired) electrons. The number of hydrogen-bond donors (Lipinski definition) is 0. The average Bonchev–Trinajstić information content (AvgIpc) is 3.13. The molecule has 1 aliphatic carbocycles. The van der Waals surface area contributed by atoms with Gasteiger partial charge in [-0.3, -0.25) is 0 Å². The molecule has 0 heterocycles. The fourth-order valence-electron chi connectivity index (χ4n) is 7.47. The molecule has 0 fully saturated rings. The minimum Gasteiger partial charge on any atom is -0.311 e. The lowest BCUT2D eigenvalue weighted by Crippen LogP contribution is -2.23. The van der Waals surface area contributed by atoms with Crippen LogP contribution in [0.5, 0.6) is 0 Å². The highest BCUT2D eigenvalue weighted by Crippen LogP contribution is 2.50. The molecule has 1 nitrogen and oxygen atoms in total. The summed E-state index contributed by atoms with van der Waals surface area (Å²) in [5.41, 5.74) is 17.5. The van der Waals surface area contributed by atoms with E-state index in [4.69, 9.17) is 0 Å². The maximum absolute atomic E-state index is 2.42. The summed E-state index contributed by atoms with van der Waals surface area (Å²) in [6.45, 7) is 11.2. The predicted octanol–water partition coefficient (Wildman–Crippen LogP) is 13.4. The summed E-state index contributed by atoms with van der Waals surface area (Å²) in [6, 6.07) is 53.7. The number of fused-ring (bicyclic) bond motifs is 2. The van der Waals surface area contributed by atoms with Crippen LogP contribution >= 0.6 is 0 Å². The Balaban J connectivity index is 1.13. The number of nitrogens with zero attached hydrogens (tertiary/aromatic N) is 1. The lowest BCUT2D eigenvalue weighted by Gasteiger charge is -2.35. The summed E-state index contributed by atoms with van der Waals surface area (Å²) < 4.78 is 0. The second-order valence-electron chi connectivity index (χ2n) is 14.1. The van der Waals surface area contributed by atoms with Crippen LogP contribution in [0.15, 0.2) is 146 Å². The van der Waals surface area contributed by atoms with Crippen LogP contribution in [0, 0.1) is 20.8 Å². The third kappa shape index (κ3) is 5.56. The van der Waals surface area contributed by atoms with Gasteiger partial charge in [0.2, 0.25) is 0 Å². The van der Waals surface area contributed by atoms with Crippen LogP contribution in [0.3, 0.4) is 0 Å². The van der Waals surface area contributed by atoms with Gasteiger partial charge in [-0.2, -0.15) is 0 Å². The Bertz CT molecular complexity index is 2340. The maximum atomic E-state index is 2.42. The standard InChI is InChI=1S/C48H41N/c1-32-9-14-35(15-10-32)16-17-36-18-25-40(26-19-36)49(39-23-11-33(2)12-24-39)41-27-20-37(21-28-41)38-22-30-43-44-29-13-34(3)42-7-6-8-45(47(42)44)48(4,5)46(43)31-38/h6-31H,1-5H3/b17-16+. The predicted molar refractivity (Wildman–Crippen MR) is 211 cm³/mol. The first kappa shape index (κ1) is 30.7. The van der Waals surface area contributed by atoms with Gasteiger partial charge in [-0.1, -0.05) is 140 Å². The number of hydrogen-bond acceptors (Lipinski definition) is 1. The first-order valence-corrected chi connectivity index (χ1v) is 17.3. The van der Waals surface area contributed by atoms with Gasteiger partial charge in [-0.25, -0.2) is 0 Å². The van der Waals surface area contributed by atoms with Gasteiger partial charge in [0.05, 0.1) is 0 Å². The van der Waals surface area contributed by atoms with Gasteiger partial charge in [0.25, 0.3) is 0 Å². The van der Waals surface area contributed by atoms with Crippen molar-refractivity contribution >= 4 is 40.0 Å². The van der Waals surface area contributed by atoms with Gasteiger partial charge in [-0.05, 0) is 124 Å². The summed E-state index contributed by atoms with van der Waals surface area (Å²) in [5, 5.41) is 2.77. The van der Waals surface area contributed by atoms with Gasteiger partial charge in [0, 0.05) is 22.5 Å². The van der Waals surface area contributed by atoms with Crippen LogP contribution < -0.4 is 4.90 Å². The van der Waals surface area contributed by atoms with Gasteiger partial charge in [-0.15, -0.1) is 0 Å². The Hall–Kier alpha value is -5.66. The first-order valence-electron chi connectivity index (χ1n) is 17.3. The monoisotopic (exact) mass is 631 g/mol. The Labute approximate surface area is 290 Å². The minimum absolute atomic E-state index is 0.102. The highest BCUT2D eigenvalue weighted by Gasteiger charge is 2.33. The molecule has 0 N–H and O–H groups in total. The highest BCUT2D eigenvalue weighted by molar-refractivity contribution is 6.05. The van der Waals surface area contributed by atoms with E-state index in [2.05, 4.69) is 197 Å². The highest BCUT2D eigenvalue weighted by atomic mass is 15.1. The number of rotatable bonds is 6. The summed E-state index contributed by atoms with van der Waals surface area (Å²) >= 11 is 0. The molecule has 7 aromatic carbocycles. The van der Waals surface area contributed by atoms with E-state index in [1.54, 1.807) is 0 Å². The summed E-state index contributed by atoms with van der Waals surface area (Å²) in [7, 11) is 0. The number of anilines is 3. The molecule has 0 unspecified atom stereocenters. The first-order chi connectivity index (χ1) is 23.8. The molecule has 0 atom stereocenters. The van der Waals surface area contributed by atoms with E-state index in [0.717, 1.165) is 17.1 Å². The van der Waals surface area contributed by atoms with Crippen LogP contribution in [-0.2, 0) is 5.41 Å². The minimum atomic E-state index is -0.102. The van der Waals surface area contributed by atoms with E-state index in [1.165, 1.54) is 72.0 Å². The summed E-state index contributed by atoms with van der Waals surface area (Å²) in [5.74, 6) is 0. The molecule has 1 heteroatoms. The van der Waals surface area contributed by atoms with Crippen molar-refractivity contribution in [3.63, 3.8) is 0 Å². The lowest BCUT2D eigenvalue weighted by molar-refractivity contribution is 0.645. The molecule has 0 saturated carbocycles. The van der Waals surface area contributed by atoms with Crippen LogP contribution in [0.4, 0.5) is 17.1 Å². The van der Waals surface area contributed by atoms with Crippen molar-refractivity contribution in [1.82, 2.24) is 0 Å². The van der Waals surface area contributed by atoms with E-state index in [-0.39, 0.29) is 5.41 Å². The number of benzene rings is 7. The average molecular weight is 632 g/mol. The molecule has 8 rings (SSSR count). The zero-order valence-electron chi connectivity index (χ0n) is 29.0. The molecule has 0 bridgehead atoms. The molecule has 238 valence electrons. The number of aryl methyl sites for hydroxylation is 3. The van der Waals surface area contributed by atoms with Crippen molar-refractivity contribution in [3.05, 3.63) is 185 Å². The molecule has 0 amide bonds. The molecular formula is C48H41N. The van der Waals surface area contributed by atoms with E-state index in [1.807, 2.05) is 0 Å². The smallest absolute Gasteiger partial charge is 0.0462 e. The molecule has 7 aromatic rings. The normalized spacial score (nSPS) is 13.1. The summed E-state index contributed by atoms with van der Waals surface area (Å²) in [4.78, 5) is 2.34. The topological polar surface area (TPSA) is 3.24 Å². The Morgan fingerprint density at radius 3 is 1.61 bits per heavy atom. The third-order valence-corrected chi connectivity index (χ3v) is 10.4. The molecule has 0 saturated heterocycles. The van der Waals surface area contributed by atoms with Gasteiger partial charge in [0.15, 0.2) is 0 Å². The van der Waals surface area contributed by atoms with Crippen LogP contribution in [-0.4, -0.2) is 0 Å². The second kappa shape index (κ2) is 12.1. The van der Waals surface area contributed by atoms with E-state index >= 15 is 0 Å². The quantitative estimate of drug-likeness (QED) is 0.165. The van der Waals surface area contributed by atoms with Crippen molar-refractivity contribution in [2.45, 2.75) is 40.0 Å². The molecule has 0 aromatic heterocycles. The summed E-state index contributed by atoms with van der Waals surface area (Å²) in [6.07, 6.45) is 4.35. The van der Waals surface area contributed by atoms with Gasteiger partial charge >= 0.3 is 0 Å². The lowest BCUT2D eigenvalue weighted by atomic mass is 9.68. The van der Waals surface area contributed by atoms with Crippen LogP contribution in [0.2, 0.25) is 0 Å². The fraction of sp³-hybridized carbons (Fsp3) is 0.125. The fourth-order valence-corrected chi connectivity index (χ4v) is 7.47. The van der Waals surface area contributed by atoms with Crippen LogP contribution in [0.1, 0.15) is 52.8 Å². The van der Waals surface area contributed by atoms with Gasteiger partial charge in [0.1, 0.15) is 0 Å². The molecule has 0 spiro atoms.